The minimum Gasteiger partial charge on any atom is -0.397 e. The summed E-state index contributed by atoms with van der Waals surface area (Å²) in [5.41, 5.74) is 9.46. The van der Waals surface area contributed by atoms with Crippen LogP contribution in [-0.2, 0) is 17.8 Å². The van der Waals surface area contributed by atoms with Crippen molar-refractivity contribution in [2.45, 2.75) is 19.1 Å². The molecule has 0 saturated heterocycles. The minimum atomic E-state index is -4.72. The molecule has 25 heavy (non-hydrogen) atoms. The highest BCUT2D eigenvalue weighted by Gasteiger charge is 2.43. The highest BCUT2D eigenvalue weighted by molar-refractivity contribution is 5.94. The molecule has 3 rings (SSSR count). The molecule has 1 aliphatic rings. The van der Waals surface area contributed by atoms with Gasteiger partial charge in [-0.2, -0.15) is 13.2 Å². The second kappa shape index (κ2) is 6.46. The van der Waals surface area contributed by atoms with E-state index in [-0.39, 0.29) is 24.3 Å². The fraction of sp³-hybridized carbons (Fsp3) is 0.176. The Hall–Kier alpha value is -3.03. The molecule has 3 N–H and O–H groups in total. The summed E-state index contributed by atoms with van der Waals surface area (Å²) >= 11 is 0. The quantitative estimate of drug-likeness (QED) is 0.838. The number of alkyl halides is 3. The molecule has 0 aliphatic carbocycles. The van der Waals surface area contributed by atoms with Crippen molar-refractivity contribution in [1.82, 2.24) is 10.4 Å². The third-order valence-electron chi connectivity index (χ3n) is 3.67. The Morgan fingerprint density at radius 2 is 1.88 bits per heavy atom. The SMILES string of the molecule is Nc1cccc2c1N=C(C(F)(F)F)N(NC(=O)Cc1ccccc1)C2. The molecule has 0 bridgehead atoms. The van der Waals surface area contributed by atoms with Gasteiger partial charge in [0.15, 0.2) is 0 Å². The fourth-order valence-corrected chi connectivity index (χ4v) is 2.57. The van der Waals surface area contributed by atoms with Gasteiger partial charge in [-0.15, -0.1) is 0 Å². The average Bonchev–Trinajstić information content (AvgIpc) is 2.54. The second-order valence-electron chi connectivity index (χ2n) is 5.57. The van der Waals surface area contributed by atoms with E-state index in [2.05, 4.69) is 10.4 Å². The summed E-state index contributed by atoms with van der Waals surface area (Å²) in [6, 6.07) is 13.5. The lowest BCUT2D eigenvalue weighted by Gasteiger charge is -2.31. The van der Waals surface area contributed by atoms with Gasteiger partial charge in [-0.3, -0.25) is 15.2 Å². The molecule has 0 saturated carbocycles. The van der Waals surface area contributed by atoms with Crippen LogP contribution in [0.15, 0.2) is 53.5 Å². The molecule has 0 radical (unpaired) electrons. The Bertz CT molecular complexity index is 818. The van der Waals surface area contributed by atoms with Crippen molar-refractivity contribution in [3.63, 3.8) is 0 Å². The predicted octanol–water partition coefficient (Wildman–Crippen LogP) is 2.95. The number of rotatable bonds is 3. The maximum atomic E-state index is 13.3. The number of nitrogens with one attached hydrogen (secondary N) is 1. The summed E-state index contributed by atoms with van der Waals surface area (Å²) in [7, 11) is 0. The standard InChI is InChI=1S/C17H15F3N4O/c18-17(19,20)16-22-15-12(7-4-8-13(15)21)10-24(16)23-14(25)9-11-5-2-1-3-6-11/h1-8H,9-10,21H2,(H,23,25). The largest absolute Gasteiger partial charge is 0.451 e. The number of para-hydroxylation sites is 1. The number of amides is 1. The molecule has 0 atom stereocenters. The van der Waals surface area contributed by atoms with Crippen LogP contribution in [-0.4, -0.2) is 22.9 Å². The van der Waals surface area contributed by atoms with Crippen LogP contribution >= 0.6 is 0 Å². The number of nitrogens with two attached hydrogens (primary N) is 1. The van der Waals surface area contributed by atoms with Gasteiger partial charge in [-0.05, 0) is 11.6 Å². The Morgan fingerprint density at radius 3 is 2.56 bits per heavy atom. The minimum absolute atomic E-state index is 0.0355. The van der Waals surface area contributed by atoms with Crippen molar-refractivity contribution < 1.29 is 18.0 Å². The topological polar surface area (TPSA) is 70.7 Å². The van der Waals surface area contributed by atoms with Crippen molar-refractivity contribution in [2.75, 3.05) is 5.73 Å². The number of aliphatic imine (C=N–C) groups is 1. The molecule has 2 aromatic carbocycles. The summed E-state index contributed by atoms with van der Waals surface area (Å²) in [5, 5.41) is 0.715. The van der Waals surface area contributed by atoms with E-state index in [4.69, 9.17) is 5.73 Å². The van der Waals surface area contributed by atoms with Crippen molar-refractivity contribution in [3.8, 4) is 0 Å². The van der Waals surface area contributed by atoms with Gasteiger partial charge >= 0.3 is 6.18 Å². The summed E-state index contributed by atoms with van der Waals surface area (Å²) in [4.78, 5) is 15.8. The number of amidine groups is 1. The van der Waals surface area contributed by atoms with Crippen molar-refractivity contribution in [2.24, 2.45) is 4.99 Å². The lowest BCUT2D eigenvalue weighted by Crippen LogP contribution is -2.52. The van der Waals surface area contributed by atoms with Crippen molar-refractivity contribution in [1.29, 1.82) is 0 Å². The number of carbonyl (C=O) groups excluding carboxylic acids is 1. The number of halogens is 3. The predicted molar refractivity (Wildman–Crippen MR) is 87.8 cm³/mol. The number of nitrogens with zero attached hydrogens (tertiary/aromatic N) is 2. The van der Waals surface area contributed by atoms with E-state index in [0.717, 1.165) is 0 Å². The van der Waals surface area contributed by atoms with Gasteiger partial charge in [0.05, 0.1) is 24.3 Å². The summed E-state index contributed by atoms with van der Waals surface area (Å²) in [6.07, 6.45) is -4.76. The monoisotopic (exact) mass is 348 g/mol. The van der Waals surface area contributed by atoms with Crippen LogP contribution in [0.25, 0.3) is 0 Å². The molecule has 0 fully saturated rings. The van der Waals surface area contributed by atoms with E-state index in [1.165, 1.54) is 6.07 Å². The first-order valence-electron chi connectivity index (χ1n) is 7.49. The van der Waals surface area contributed by atoms with Gasteiger partial charge in [0.1, 0.15) is 0 Å². The fourth-order valence-electron chi connectivity index (χ4n) is 2.57. The molecule has 2 aromatic rings. The lowest BCUT2D eigenvalue weighted by molar-refractivity contribution is -0.125. The Labute approximate surface area is 141 Å². The van der Waals surface area contributed by atoms with Gasteiger partial charge in [0.2, 0.25) is 11.7 Å². The van der Waals surface area contributed by atoms with Gasteiger partial charge in [-0.25, -0.2) is 4.99 Å². The van der Waals surface area contributed by atoms with Crippen LogP contribution in [0.2, 0.25) is 0 Å². The highest BCUT2D eigenvalue weighted by atomic mass is 19.4. The highest BCUT2D eigenvalue weighted by Crippen LogP contribution is 2.35. The molecule has 0 aromatic heterocycles. The Balaban J connectivity index is 1.84. The van der Waals surface area contributed by atoms with E-state index in [1.807, 2.05) is 0 Å². The first kappa shape index (κ1) is 16.8. The number of fused-ring (bicyclic) bond motifs is 1. The van der Waals surface area contributed by atoms with Crippen molar-refractivity contribution in [3.05, 3.63) is 59.7 Å². The number of hydrogen-bond donors (Lipinski definition) is 2. The number of hydrogen-bond acceptors (Lipinski definition) is 4. The second-order valence-corrected chi connectivity index (χ2v) is 5.57. The smallest absolute Gasteiger partial charge is 0.397 e. The van der Waals surface area contributed by atoms with E-state index >= 15 is 0 Å². The van der Waals surface area contributed by atoms with Crippen LogP contribution in [0.5, 0.6) is 0 Å². The molecule has 1 aliphatic heterocycles. The lowest BCUT2D eigenvalue weighted by atomic mass is 10.1. The van der Waals surface area contributed by atoms with Crippen molar-refractivity contribution >= 4 is 23.1 Å². The van der Waals surface area contributed by atoms with Gasteiger partial charge in [-0.1, -0.05) is 42.5 Å². The van der Waals surface area contributed by atoms with Crippen LogP contribution in [0.3, 0.4) is 0 Å². The van der Waals surface area contributed by atoms with Crippen LogP contribution < -0.4 is 11.2 Å². The number of nitrogen functional groups attached to an aromatic ring is 1. The summed E-state index contributed by atoms with van der Waals surface area (Å²) in [6.45, 7) is -0.167. The summed E-state index contributed by atoms with van der Waals surface area (Å²) < 4.78 is 40.0. The normalized spacial score (nSPS) is 13.9. The number of carbonyl (C=O) groups is 1. The van der Waals surface area contributed by atoms with Gasteiger partial charge in [0.25, 0.3) is 0 Å². The van der Waals surface area contributed by atoms with E-state index in [0.29, 0.717) is 16.1 Å². The molecule has 0 unspecified atom stereocenters. The van der Waals surface area contributed by atoms with Gasteiger partial charge in [0, 0.05) is 5.56 Å². The van der Waals surface area contributed by atoms with E-state index in [1.54, 1.807) is 42.5 Å². The molecular formula is C17H15F3N4O. The maximum absolute atomic E-state index is 13.3. The third-order valence-corrected chi connectivity index (χ3v) is 3.67. The summed E-state index contributed by atoms with van der Waals surface area (Å²) in [5.74, 6) is -1.75. The Morgan fingerprint density at radius 1 is 1.16 bits per heavy atom. The van der Waals surface area contributed by atoms with Crippen LogP contribution in [0.1, 0.15) is 11.1 Å². The average molecular weight is 348 g/mol. The maximum Gasteiger partial charge on any atom is 0.451 e. The first-order valence-corrected chi connectivity index (χ1v) is 7.49. The van der Waals surface area contributed by atoms with E-state index < -0.39 is 17.9 Å². The number of hydrazine groups is 1. The van der Waals surface area contributed by atoms with Crippen LogP contribution in [0, 0.1) is 0 Å². The molecule has 5 nitrogen and oxygen atoms in total. The molecular weight excluding hydrogens is 333 g/mol. The zero-order valence-electron chi connectivity index (χ0n) is 13.0. The number of anilines is 1. The van der Waals surface area contributed by atoms with Gasteiger partial charge < -0.3 is 5.73 Å². The molecule has 1 heterocycles. The number of benzene rings is 2. The molecule has 8 heteroatoms. The zero-order chi connectivity index (χ0) is 18.0. The molecule has 0 spiro atoms. The molecule has 1 amide bonds. The Kier molecular flexibility index (Phi) is 4.35. The third kappa shape index (κ3) is 3.73. The first-order chi connectivity index (χ1) is 11.8. The molecule has 130 valence electrons. The van der Waals surface area contributed by atoms with E-state index in [9.17, 15) is 18.0 Å². The van der Waals surface area contributed by atoms with Crippen LogP contribution in [0.4, 0.5) is 24.5 Å². The zero-order valence-corrected chi connectivity index (χ0v) is 13.0.